The molecule has 6 nitrogen and oxygen atoms in total. The molecule has 0 unspecified atom stereocenters. The molecule has 0 saturated carbocycles. The van der Waals surface area contributed by atoms with Gasteiger partial charge in [0.2, 0.25) is 0 Å². The molecule has 0 aliphatic rings. The Balaban J connectivity index is 1.19. The van der Waals surface area contributed by atoms with Crippen molar-refractivity contribution >= 4 is 51.2 Å². The summed E-state index contributed by atoms with van der Waals surface area (Å²) in [5.74, 6) is 0.680. The fourth-order valence-electron chi connectivity index (χ4n) is 3.74. The number of hydrogen-bond donors (Lipinski definition) is 2. The van der Waals surface area contributed by atoms with Crippen LogP contribution in [0.4, 0.5) is 11.5 Å². The van der Waals surface area contributed by atoms with Crippen molar-refractivity contribution in [3.8, 4) is 0 Å². The van der Waals surface area contributed by atoms with Gasteiger partial charge in [-0.2, -0.15) is 10.2 Å². The summed E-state index contributed by atoms with van der Waals surface area (Å²) >= 11 is 11.5. The van der Waals surface area contributed by atoms with E-state index in [9.17, 15) is 0 Å². The first-order valence-electron chi connectivity index (χ1n) is 10.5. The second-order valence-corrected chi connectivity index (χ2v) is 8.52. The van der Waals surface area contributed by atoms with E-state index in [4.69, 9.17) is 23.8 Å². The standard InChI is InChI=1S/C25H21ClN6S/c26-21-9-3-5-18(13-21)15-32-17-22(14-27-32)28-25(33)29-24-11-12-31(30-24)16-20-8-4-7-19-6-1-2-10-23(19)20/h1-14,17H,15-16H2,(H2,28,29,30,33). The van der Waals surface area contributed by atoms with E-state index in [-0.39, 0.29) is 0 Å². The maximum atomic E-state index is 6.06. The van der Waals surface area contributed by atoms with E-state index >= 15 is 0 Å². The maximum Gasteiger partial charge on any atom is 0.176 e. The molecule has 164 valence electrons. The highest BCUT2D eigenvalue weighted by atomic mass is 35.5. The largest absolute Gasteiger partial charge is 0.330 e. The van der Waals surface area contributed by atoms with Gasteiger partial charge in [-0.1, -0.05) is 66.2 Å². The third-order valence-electron chi connectivity index (χ3n) is 5.22. The van der Waals surface area contributed by atoms with E-state index in [2.05, 4.69) is 63.3 Å². The maximum absolute atomic E-state index is 6.06. The average molecular weight is 473 g/mol. The molecule has 8 heteroatoms. The summed E-state index contributed by atoms with van der Waals surface area (Å²) in [6.07, 6.45) is 5.57. The van der Waals surface area contributed by atoms with E-state index < -0.39 is 0 Å². The molecule has 0 fully saturated rings. The van der Waals surface area contributed by atoms with Crippen LogP contribution in [0.15, 0.2) is 91.4 Å². The van der Waals surface area contributed by atoms with Crippen molar-refractivity contribution in [2.75, 3.05) is 10.6 Å². The first-order valence-corrected chi connectivity index (χ1v) is 11.3. The second kappa shape index (κ2) is 9.44. The van der Waals surface area contributed by atoms with Gasteiger partial charge in [0.25, 0.3) is 0 Å². The van der Waals surface area contributed by atoms with Crippen molar-refractivity contribution in [2.24, 2.45) is 0 Å². The molecule has 33 heavy (non-hydrogen) atoms. The quantitative estimate of drug-likeness (QED) is 0.306. The van der Waals surface area contributed by atoms with Crippen LogP contribution in [0.2, 0.25) is 5.02 Å². The Morgan fingerprint density at radius 2 is 1.76 bits per heavy atom. The van der Waals surface area contributed by atoms with E-state index in [1.54, 1.807) is 6.20 Å². The number of thiocarbonyl (C=S) groups is 1. The van der Waals surface area contributed by atoms with E-state index in [1.807, 2.05) is 52.1 Å². The molecule has 0 amide bonds. The van der Waals surface area contributed by atoms with E-state index in [0.717, 1.165) is 11.3 Å². The molecule has 0 saturated heterocycles. The van der Waals surface area contributed by atoms with Gasteiger partial charge in [-0.15, -0.1) is 0 Å². The van der Waals surface area contributed by atoms with Gasteiger partial charge >= 0.3 is 0 Å². The fraction of sp³-hybridized carbons (Fsp3) is 0.0800. The zero-order valence-corrected chi connectivity index (χ0v) is 19.2. The molecule has 2 heterocycles. The minimum Gasteiger partial charge on any atom is -0.330 e. The molecule has 5 rings (SSSR count). The highest BCUT2D eigenvalue weighted by Crippen LogP contribution is 2.20. The lowest BCUT2D eigenvalue weighted by Gasteiger charge is -2.08. The van der Waals surface area contributed by atoms with Crippen molar-refractivity contribution in [2.45, 2.75) is 13.1 Å². The average Bonchev–Trinajstić information content (AvgIpc) is 3.43. The van der Waals surface area contributed by atoms with Gasteiger partial charge in [-0.3, -0.25) is 9.36 Å². The van der Waals surface area contributed by atoms with Crippen molar-refractivity contribution in [3.63, 3.8) is 0 Å². The van der Waals surface area contributed by atoms with Crippen LogP contribution in [0, 0.1) is 0 Å². The van der Waals surface area contributed by atoms with Gasteiger partial charge < -0.3 is 10.6 Å². The van der Waals surface area contributed by atoms with Crippen LogP contribution in [0.1, 0.15) is 11.1 Å². The molecule has 2 N–H and O–H groups in total. The number of hydrogen-bond acceptors (Lipinski definition) is 3. The van der Waals surface area contributed by atoms with Crippen LogP contribution < -0.4 is 10.6 Å². The molecule has 0 spiro atoms. The molecule has 0 radical (unpaired) electrons. The van der Waals surface area contributed by atoms with Crippen LogP contribution in [0.5, 0.6) is 0 Å². The van der Waals surface area contributed by atoms with Gasteiger partial charge in [0.15, 0.2) is 10.9 Å². The minimum absolute atomic E-state index is 0.452. The highest BCUT2D eigenvalue weighted by Gasteiger charge is 2.07. The Labute approximate surface area is 201 Å². The van der Waals surface area contributed by atoms with Crippen LogP contribution in [0.25, 0.3) is 10.8 Å². The minimum atomic E-state index is 0.452. The SMILES string of the molecule is S=C(Nc1cnn(Cc2cccc(Cl)c2)c1)Nc1ccn(Cc2cccc3ccccc23)n1. The van der Waals surface area contributed by atoms with E-state index in [1.165, 1.54) is 16.3 Å². The summed E-state index contributed by atoms with van der Waals surface area (Å²) in [7, 11) is 0. The van der Waals surface area contributed by atoms with Crippen LogP contribution in [0.3, 0.4) is 0 Å². The number of benzene rings is 3. The van der Waals surface area contributed by atoms with Gasteiger partial charge in [0.1, 0.15) is 0 Å². The van der Waals surface area contributed by atoms with Crippen molar-refractivity contribution in [1.29, 1.82) is 0 Å². The van der Waals surface area contributed by atoms with Crippen molar-refractivity contribution in [1.82, 2.24) is 19.6 Å². The first kappa shape index (κ1) is 21.2. The predicted molar refractivity (Wildman–Crippen MR) is 138 cm³/mol. The monoisotopic (exact) mass is 472 g/mol. The van der Waals surface area contributed by atoms with Crippen LogP contribution in [-0.2, 0) is 13.1 Å². The van der Waals surface area contributed by atoms with Crippen LogP contribution in [-0.4, -0.2) is 24.7 Å². The fourth-order valence-corrected chi connectivity index (χ4v) is 4.17. The van der Waals surface area contributed by atoms with Gasteiger partial charge in [0.05, 0.1) is 25.0 Å². The molecule has 2 aromatic heterocycles. The number of aromatic nitrogens is 4. The Hall–Kier alpha value is -3.68. The number of nitrogens with zero attached hydrogens (tertiary/aromatic N) is 4. The van der Waals surface area contributed by atoms with E-state index in [0.29, 0.717) is 29.0 Å². The lowest BCUT2D eigenvalue weighted by molar-refractivity contribution is 0.687. The Morgan fingerprint density at radius 1 is 0.909 bits per heavy atom. The summed E-state index contributed by atoms with van der Waals surface area (Å²) in [6, 6.07) is 24.3. The van der Waals surface area contributed by atoms with Gasteiger partial charge in [-0.25, -0.2) is 0 Å². The summed E-state index contributed by atoms with van der Waals surface area (Å²) in [5, 5.41) is 18.9. The van der Waals surface area contributed by atoms with Crippen molar-refractivity contribution in [3.05, 3.63) is 108 Å². The summed E-state index contributed by atoms with van der Waals surface area (Å²) in [6.45, 7) is 1.31. The number of fused-ring (bicyclic) bond motifs is 1. The zero-order chi connectivity index (χ0) is 22.6. The number of nitrogens with one attached hydrogen (secondary N) is 2. The smallest absolute Gasteiger partial charge is 0.176 e. The highest BCUT2D eigenvalue weighted by molar-refractivity contribution is 7.80. The first-order chi connectivity index (χ1) is 16.1. The number of halogens is 1. The molecule has 0 atom stereocenters. The number of rotatable bonds is 6. The molecular weight excluding hydrogens is 452 g/mol. The molecular formula is C25H21ClN6S. The molecule has 0 aliphatic carbocycles. The topological polar surface area (TPSA) is 59.7 Å². The second-order valence-electron chi connectivity index (χ2n) is 7.67. The third-order valence-corrected chi connectivity index (χ3v) is 5.66. The lowest BCUT2D eigenvalue weighted by atomic mass is 10.0. The molecule has 3 aromatic carbocycles. The van der Waals surface area contributed by atoms with Gasteiger partial charge in [0, 0.05) is 23.5 Å². The molecule has 5 aromatic rings. The third kappa shape index (κ3) is 5.22. The Kier molecular flexibility index (Phi) is 6.06. The lowest BCUT2D eigenvalue weighted by Crippen LogP contribution is -2.19. The van der Waals surface area contributed by atoms with Crippen molar-refractivity contribution < 1.29 is 0 Å². The predicted octanol–water partition coefficient (Wildman–Crippen LogP) is 5.79. The Bertz CT molecular complexity index is 1420. The summed E-state index contributed by atoms with van der Waals surface area (Å²) in [5.41, 5.74) is 3.09. The summed E-state index contributed by atoms with van der Waals surface area (Å²) < 4.78 is 3.73. The normalized spacial score (nSPS) is 10.9. The zero-order valence-electron chi connectivity index (χ0n) is 17.6. The molecule has 0 aliphatic heterocycles. The van der Waals surface area contributed by atoms with Gasteiger partial charge in [-0.05, 0) is 46.2 Å². The van der Waals surface area contributed by atoms with Crippen LogP contribution >= 0.6 is 23.8 Å². The summed E-state index contributed by atoms with van der Waals surface area (Å²) in [4.78, 5) is 0. The Morgan fingerprint density at radius 3 is 2.67 bits per heavy atom. The number of anilines is 2. The molecule has 0 bridgehead atoms.